The monoisotopic (exact) mass is 451 g/mol. The molecule has 0 aliphatic heterocycles. The number of anilines is 2. The number of rotatable bonds is 6. The molecule has 4 aromatic rings. The smallest absolute Gasteiger partial charge is 0.405 e. The molecule has 2 N–H and O–H groups in total. The first kappa shape index (κ1) is 20.4. The van der Waals surface area contributed by atoms with Crippen molar-refractivity contribution in [3.63, 3.8) is 0 Å². The molecule has 30 heavy (non-hydrogen) atoms. The normalized spacial score (nSPS) is 11.7. The lowest BCUT2D eigenvalue weighted by atomic mass is 10.2. The number of alkyl halides is 3. The largest absolute Gasteiger partial charge is 0.483 e. The van der Waals surface area contributed by atoms with Crippen LogP contribution in [0.2, 0.25) is 0 Å². The maximum Gasteiger partial charge on any atom is 0.405 e. The van der Waals surface area contributed by atoms with Crippen molar-refractivity contribution in [3.8, 4) is 5.75 Å². The van der Waals surface area contributed by atoms with Crippen molar-refractivity contribution in [2.75, 3.05) is 23.8 Å². The fourth-order valence-corrected chi connectivity index (χ4v) is 4.81. The minimum absolute atomic E-state index is 0.185. The number of benzene rings is 2. The van der Waals surface area contributed by atoms with Crippen molar-refractivity contribution in [3.05, 3.63) is 46.8 Å². The molecule has 0 atom stereocenters. The van der Waals surface area contributed by atoms with Crippen LogP contribution in [0.5, 0.6) is 5.75 Å². The highest BCUT2D eigenvalue weighted by molar-refractivity contribution is 7.21. The second kappa shape index (κ2) is 8.11. The van der Waals surface area contributed by atoms with Crippen molar-refractivity contribution in [1.82, 2.24) is 4.98 Å². The Hall–Kier alpha value is -2.85. The fraction of sp³-hybridized carbons (Fsp3) is 0.200. The second-order valence-electron chi connectivity index (χ2n) is 6.47. The van der Waals surface area contributed by atoms with Crippen LogP contribution in [0.4, 0.5) is 24.5 Å². The number of nitrogens with zero attached hydrogens (tertiary/aromatic N) is 1. The Morgan fingerprint density at radius 2 is 1.97 bits per heavy atom. The van der Waals surface area contributed by atoms with Crippen LogP contribution >= 0.6 is 22.7 Å². The summed E-state index contributed by atoms with van der Waals surface area (Å²) in [6, 6.07) is 9.99. The number of thiazole rings is 1. The molecule has 5 nitrogen and oxygen atoms in total. The number of fused-ring (bicyclic) bond motifs is 3. The molecule has 0 spiro atoms. The number of carbonyl (C=O) groups is 1. The number of para-hydroxylation sites is 2. The van der Waals surface area contributed by atoms with E-state index in [9.17, 15) is 18.0 Å². The number of hydrogen-bond donors (Lipinski definition) is 2. The summed E-state index contributed by atoms with van der Waals surface area (Å²) in [6.45, 7) is 0.463. The number of aromatic nitrogens is 1. The van der Waals surface area contributed by atoms with Gasteiger partial charge in [0.25, 0.3) is 5.91 Å². The van der Waals surface area contributed by atoms with Gasteiger partial charge in [-0.25, -0.2) is 4.98 Å². The summed E-state index contributed by atoms with van der Waals surface area (Å²) >= 11 is 3.10. The first-order valence-electron chi connectivity index (χ1n) is 8.90. The lowest BCUT2D eigenvalue weighted by molar-refractivity contribution is -0.118. The van der Waals surface area contributed by atoms with Gasteiger partial charge in [0.2, 0.25) is 0 Å². The molecule has 2 aromatic heterocycles. The third-order valence-corrected chi connectivity index (χ3v) is 6.05. The average molecular weight is 451 g/mol. The molecule has 0 radical (unpaired) electrons. The maximum absolute atomic E-state index is 12.5. The molecule has 0 unspecified atom stereocenters. The summed E-state index contributed by atoms with van der Waals surface area (Å²) in [5, 5.41) is 8.64. The number of thiophene rings is 1. The number of amides is 1. The summed E-state index contributed by atoms with van der Waals surface area (Å²) in [6.07, 6.45) is -4.36. The zero-order valence-corrected chi connectivity index (χ0v) is 17.3. The Labute approximate surface area is 177 Å². The van der Waals surface area contributed by atoms with E-state index >= 15 is 0 Å². The standard InChI is InChI=1S/C20H16F3N3O2S2/c1-11-25-18-16(30-11)8-15(12-6-7-29-19(12)18)28-9-17(27)26-14-5-3-2-4-13(14)24-10-20(21,22)23/h2-8,24H,9-10H2,1H3,(H,26,27). The van der Waals surface area contributed by atoms with E-state index < -0.39 is 18.6 Å². The third kappa shape index (κ3) is 4.49. The molecule has 0 aliphatic carbocycles. The molecule has 2 aromatic carbocycles. The summed E-state index contributed by atoms with van der Waals surface area (Å²) < 4.78 is 45.2. The predicted molar refractivity (Wildman–Crippen MR) is 115 cm³/mol. The first-order chi connectivity index (χ1) is 14.3. The van der Waals surface area contributed by atoms with Gasteiger partial charge >= 0.3 is 6.18 Å². The third-order valence-electron chi connectivity index (χ3n) is 4.21. The van der Waals surface area contributed by atoms with Crippen molar-refractivity contribution < 1.29 is 22.7 Å². The molecule has 0 saturated heterocycles. The Kier molecular flexibility index (Phi) is 5.52. The highest BCUT2D eigenvalue weighted by atomic mass is 32.1. The molecular weight excluding hydrogens is 435 g/mol. The molecule has 0 bridgehead atoms. The van der Waals surface area contributed by atoms with Crippen LogP contribution in [-0.4, -0.2) is 30.2 Å². The SMILES string of the molecule is Cc1nc2c(cc(OCC(=O)Nc3ccccc3NCC(F)(F)F)c3ccsc32)s1. The van der Waals surface area contributed by atoms with Crippen molar-refractivity contribution >= 4 is 60.3 Å². The summed E-state index contributed by atoms with van der Waals surface area (Å²) in [5.41, 5.74) is 1.36. The Balaban J connectivity index is 1.47. The van der Waals surface area contributed by atoms with Gasteiger partial charge in [-0.3, -0.25) is 4.79 Å². The highest BCUT2D eigenvalue weighted by Gasteiger charge is 2.27. The van der Waals surface area contributed by atoms with Gasteiger partial charge in [-0.2, -0.15) is 13.2 Å². The Morgan fingerprint density at radius 1 is 1.20 bits per heavy atom. The molecule has 1 amide bonds. The van der Waals surface area contributed by atoms with Crippen molar-refractivity contribution in [2.24, 2.45) is 0 Å². The van der Waals surface area contributed by atoms with Crippen LogP contribution in [0, 0.1) is 6.92 Å². The highest BCUT2D eigenvalue weighted by Crippen LogP contribution is 2.38. The molecule has 4 rings (SSSR count). The first-order valence-corrected chi connectivity index (χ1v) is 10.6. The fourth-order valence-electron chi connectivity index (χ4n) is 2.98. The molecule has 0 fully saturated rings. The molecule has 10 heteroatoms. The van der Waals surface area contributed by atoms with E-state index in [1.54, 1.807) is 34.8 Å². The zero-order chi connectivity index (χ0) is 21.3. The lowest BCUT2D eigenvalue weighted by Gasteiger charge is -2.14. The van der Waals surface area contributed by atoms with Gasteiger partial charge in [0, 0.05) is 11.5 Å². The van der Waals surface area contributed by atoms with Gasteiger partial charge < -0.3 is 15.4 Å². The number of halogens is 3. The van der Waals surface area contributed by atoms with Crippen LogP contribution in [-0.2, 0) is 4.79 Å². The van der Waals surface area contributed by atoms with Crippen LogP contribution < -0.4 is 15.4 Å². The summed E-state index contributed by atoms with van der Waals surface area (Å²) in [5.74, 6) is 0.0984. The van der Waals surface area contributed by atoms with Gasteiger partial charge in [-0.05, 0) is 30.5 Å². The van der Waals surface area contributed by atoms with E-state index in [0.29, 0.717) is 5.75 Å². The Bertz CT molecular complexity index is 1220. The number of nitrogens with one attached hydrogen (secondary N) is 2. The minimum atomic E-state index is -4.36. The molecule has 156 valence electrons. The molecule has 0 saturated carbocycles. The van der Waals surface area contributed by atoms with Crippen LogP contribution in [0.15, 0.2) is 41.8 Å². The predicted octanol–water partition coefficient (Wildman–Crippen LogP) is 5.81. The number of ether oxygens (including phenoxy) is 1. The van der Waals surface area contributed by atoms with Crippen molar-refractivity contribution in [1.29, 1.82) is 0 Å². The van der Waals surface area contributed by atoms with E-state index in [2.05, 4.69) is 15.6 Å². The van der Waals surface area contributed by atoms with Gasteiger partial charge in [0.15, 0.2) is 6.61 Å². The van der Waals surface area contributed by atoms with Gasteiger partial charge in [0.05, 0.1) is 31.3 Å². The maximum atomic E-state index is 12.5. The van der Waals surface area contributed by atoms with Crippen LogP contribution in [0.25, 0.3) is 20.3 Å². The number of carbonyl (C=O) groups excluding carboxylic acids is 1. The minimum Gasteiger partial charge on any atom is -0.483 e. The van der Waals surface area contributed by atoms with Gasteiger partial charge in [-0.15, -0.1) is 22.7 Å². The van der Waals surface area contributed by atoms with Crippen LogP contribution in [0.3, 0.4) is 0 Å². The van der Waals surface area contributed by atoms with Gasteiger partial charge in [0.1, 0.15) is 12.3 Å². The van der Waals surface area contributed by atoms with E-state index in [1.807, 2.05) is 24.4 Å². The molecular formula is C20H16F3N3O2S2. The van der Waals surface area contributed by atoms with Crippen molar-refractivity contribution in [2.45, 2.75) is 13.1 Å². The van der Waals surface area contributed by atoms with Crippen LogP contribution in [0.1, 0.15) is 5.01 Å². The van der Waals surface area contributed by atoms with E-state index in [4.69, 9.17) is 4.74 Å². The quantitative estimate of drug-likeness (QED) is 0.388. The summed E-state index contributed by atoms with van der Waals surface area (Å²) in [7, 11) is 0. The van der Waals surface area contributed by atoms with Gasteiger partial charge in [-0.1, -0.05) is 12.1 Å². The molecule has 2 heterocycles. The summed E-state index contributed by atoms with van der Waals surface area (Å²) in [4.78, 5) is 16.9. The van der Waals surface area contributed by atoms with E-state index in [-0.39, 0.29) is 18.0 Å². The van der Waals surface area contributed by atoms with E-state index in [0.717, 1.165) is 25.3 Å². The zero-order valence-electron chi connectivity index (χ0n) is 15.7. The second-order valence-corrected chi connectivity index (χ2v) is 8.62. The van der Waals surface area contributed by atoms with E-state index in [1.165, 1.54) is 12.1 Å². The molecule has 0 aliphatic rings. The average Bonchev–Trinajstić information content (AvgIpc) is 3.30. The number of aryl methyl sites for hydroxylation is 1. The topological polar surface area (TPSA) is 63.2 Å². The lowest BCUT2D eigenvalue weighted by Crippen LogP contribution is -2.24. The Morgan fingerprint density at radius 3 is 2.73 bits per heavy atom. The number of hydrogen-bond acceptors (Lipinski definition) is 6.